The van der Waals surface area contributed by atoms with E-state index in [1.165, 1.54) is 0 Å². The third-order valence-corrected chi connectivity index (χ3v) is 2.53. The van der Waals surface area contributed by atoms with E-state index in [-0.39, 0.29) is 0 Å². The van der Waals surface area contributed by atoms with Crippen molar-refractivity contribution < 1.29 is 36.2 Å². The minimum atomic E-state index is -4.96. The molecule has 0 radical (unpaired) electrons. The maximum absolute atomic E-state index is 12.3. The molecule has 0 aliphatic rings. The first-order chi connectivity index (χ1) is 9.34. The minimum absolute atomic E-state index is 0.386. The summed E-state index contributed by atoms with van der Waals surface area (Å²) < 4.78 is 73.8. The third kappa shape index (κ3) is 4.31. The maximum atomic E-state index is 12.3. The highest BCUT2D eigenvalue weighted by molar-refractivity contribution is 5.92. The smallest absolute Gasteiger partial charge is 0.379 e. The Hall–Kier alpha value is -1.84. The van der Waals surface area contributed by atoms with Crippen LogP contribution in [0.1, 0.15) is 23.0 Å². The number of aromatic nitrogens is 1. The molecule has 0 saturated heterocycles. The number of carbonyl (C=O) groups excluding carboxylic acids is 1. The van der Waals surface area contributed by atoms with Crippen LogP contribution in [-0.2, 0) is 6.18 Å². The molecular formula is C11H10F6N2O2. The van der Waals surface area contributed by atoms with E-state index in [9.17, 15) is 31.1 Å². The second-order valence-electron chi connectivity index (χ2n) is 4.38. The molecule has 1 rings (SSSR count). The molecule has 0 bridgehead atoms. The number of pyridine rings is 1. The minimum Gasteiger partial charge on any atom is -0.379 e. The molecule has 0 aliphatic heterocycles. The molecule has 1 aromatic rings. The van der Waals surface area contributed by atoms with Crippen molar-refractivity contribution in [3.8, 4) is 0 Å². The van der Waals surface area contributed by atoms with Crippen LogP contribution in [0.25, 0.3) is 0 Å². The molecule has 0 saturated carbocycles. The first kappa shape index (κ1) is 17.2. The lowest BCUT2D eigenvalue weighted by atomic mass is 10.1. The summed E-state index contributed by atoms with van der Waals surface area (Å²) in [5.74, 6) is -1.13. The van der Waals surface area contributed by atoms with Crippen molar-refractivity contribution >= 4 is 5.91 Å². The third-order valence-electron chi connectivity index (χ3n) is 2.53. The van der Waals surface area contributed by atoms with Gasteiger partial charge < -0.3 is 10.4 Å². The molecule has 4 nitrogen and oxygen atoms in total. The van der Waals surface area contributed by atoms with E-state index in [1.54, 1.807) is 5.32 Å². The highest BCUT2D eigenvalue weighted by atomic mass is 19.4. The van der Waals surface area contributed by atoms with Gasteiger partial charge in [-0.15, -0.1) is 0 Å². The summed E-state index contributed by atoms with van der Waals surface area (Å²) in [6, 6.07) is 1.30. The first-order valence-electron chi connectivity index (χ1n) is 5.45. The van der Waals surface area contributed by atoms with Gasteiger partial charge in [-0.1, -0.05) is 0 Å². The Bertz CT molecular complexity index is 507. The van der Waals surface area contributed by atoms with E-state index in [0.717, 1.165) is 6.07 Å². The summed E-state index contributed by atoms with van der Waals surface area (Å²) in [4.78, 5) is 14.7. The summed E-state index contributed by atoms with van der Waals surface area (Å²) in [7, 11) is 0. The van der Waals surface area contributed by atoms with Gasteiger partial charge >= 0.3 is 12.4 Å². The summed E-state index contributed by atoms with van der Waals surface area (Å²) in [5, 5.41) is 10.8. The van der Waals surface area contributed by atoms with Crippen molar-refractivity contribution in [3.63, 3.8) is 0 Å². The van der Waals surface area contributed by atoms with Gasteiger partial charge in [0.15, 0.2) is 5.60 Å². The van der Waals surface area contributed by atoms with Gasteiger partial charge in [-0.25, -0.2) is 0 Å². The lowest BCUT2D eigenvalue weighted by molar-refractivity contribution is -0.249. The number of nitrogens with one attached hydrogen (secondary N) is 1. The molecule has 0 aromatic carbocycles. The predicted molar refractivity (Wildman–Crippen MR) is 58.3 cm³/mol. The SMILES string of the molecule is C[C@](O)(CNC(=O)c1ccc(C(F)(F)F)cn1)C(F)(F)F. The summed E-state index contributed by atoms with van der Waals surface area (Å²) in [6.07, 6.45) is -9.22. The Balaban J connectivity index is 2.74. The number of hydrogen-bond donors (Lipinski definition) is 2. The Kier molecular flexibility index (Phi) is 4.51. The predicted octanol–water partition coefficient (Wildman–Crippen LogP) is 2.14. The molecule has 1 aromatic heterocycles. The van der Waals surface area contributed by atoms with Crippen molar-refractivity contribution in [2.24, 2.45) is 0 Å². The molecule has 0 spiro atoms. The second kappa shape index (κ2) is 5.51. The quantitative estimate of drug-likeness (QED) is 0.840. The molecule has 2 N–H and O–H groups in total. The molecule has 21 heavy (non-hydrogen) atoms. The monoisotopic (exact) mass is 316 g/mol. The Labute approximate surface area is 114 Å². The van der Waals surface area contributed by atoms with Crippen molar-refractivity contribution in [3.05, 3.63) is 29.6 Å². The van der Waals surface area contributed by atoms with Gasteiger partial charge in [-0.05, 0) is 19.1 Å². The van der Waals surface area contributed by atoms with Gasteiger partial charge in [-0.2, -0.15) is 26.3 Å². The summed E-state index contributed by atoms with van der Waals surface area (Å²) in [5.41, 5.74) is -4.75. The number of amides is 1. The van der Waals surface area contributed by atoms with Gasteiger partial charge in [0.2, 0.25) is 0 Å². The lowest BCUT2D eigenvalue weighted by Gasteiger charge is -2.26. The average Bonchev–Trinajstić information content (AvgIpc) is 2.34. The van der Waals surface area contributed by atoms with Gasteiger partial charge in [-0.3, -0.25) is 9.78 Å². The van der Waals surface area contributed by atoms with Crippen LogP contribution < -0.4 is 5.32 Å². The van der Waals surface area contributed by atoms with Gasteiger partial charge in [0.05, 0.1) is 12.1 Å². The van der Waals surface area contributed by atoms with Crippen LogP contribution in [0, 0.1) is 0 Å². The number of rotatable bonds is 3. The Morgan fingerprint density at radius 3 is 2.19 bits per heavy atom. The van der Waals surface area contributed by atoms with E-state index >= 15 is 0 Å². The lowest BCUT2D eigenvalue weighted by Crippen LogP contribution is -2.51. The zero-order valence-corrected chi connectivity index (χ0v) is 10.5. The van der Waals surface area contributed by atoms with E-state index in [1.807, 2.05) is 0 Å². The molecule has 1 heterocycles. The van der Waals surface area contributed by atoms with E-state index in [2.05, 4.69) is 4.98 Å². The topological polar surface area (TPSA) is 62.2 Å². The van der Waals surface area contributed by atoms with Crippen LogP contribution in [0.4, 0.5) is 26.3 Å². The standard InChI is InChI=1S/C11H10F6N2O2/c1-9(21,11(15,16)17)5-19-8(20)7-3-2-6(4-18-7)10(12,13)14/h2-4,21H,5H2,1H3,(H,19,20)/t9-/m0/s1. The fourth-order valence-corrected chi connectivity index (χ4v) is 1.14. The van der Waals surface area contributed by atoms with Crippen molar-refractivity contribution in [1.82, 2.24) is 10.3 Å². The molecule has 1 atom stereocenters. The number of aliphatic hydroxyl groups is 1. The Morgan fingerprint density at radius 2 is 1.81 bits per heavy atom. The highest BCUT2D eigenvalue weighted by Crippen LogP contribution is 2.29. The van der Waals surface area contributed by atoms with Gasteiger partial charge in [0.25, 0.3) is 5.91 Å². The Morgan fingerprint density at radius 1 is 1.24 bits per heavy atom. The summed E-state index contributed by atoms with van der Waals surface area (Å²) in [6.45, 7) is -0.703. The van der Waals surface area contributed by atoms with E-state index in [4.69, 9.17) is 5.11 Å². The molecule has 0 aliphatic carbocycles. The highest BCUT2D eigenvalue weighted by Gasteiger charge is 2.49. The molecule has 1 amide bonds. The number of carbonyl (C=O) groups is 1. The fraction of sp³-hybridized carbons (Fsp3) is 0.455. The number of alkyl halides is 6. The van der Waals surface area contributed by atoms with Gasteiger partial charge in [0.1, 0.15) is 5.69 Å². The largest absolute Gasteiger partial charge is 0.418 e. The number of nitrogens with zero attached hydrogens (tertiary/aromatic N) is 1. The van der Waals surface area contributed by atoms with Crippen LogP contribution in [0.15, 0.2) is 18.3 Å². The molecule has 118 valence electrons. The molecule has 0 fully saturated rings. The van der Waals surface area contributed by atoms with Crippen molar-refractivity contribution in [2.45, 2.75) is 24.9 Å². The average molecular weight is 316 g/mol. The van der Waals surface area contributed by atoms with E-state index < -0.39 is 41.7 Å². The second-order valence-corrected chi connectivity index (χ2v) is 4.38. The maximum Gasteiger partial charge on any atom is 0.418 e. The van der Waals surface area contributed by atoms with Crippen LogP contribution in [-0.4, -0.2) is 34.3 Å². The summed E-state index contributed by atoms with van der Waals surface area (Å²) >= 11 is 0. The fourth-order valence-electron chi connectivity index (χ4n) is 1.14. The normalized spacial score (nSPS) is 15.4. The molecule has 0 unspecified atom stereocenters. The van der Waals surface area contributed by atoms with Crippen LogP contribution in [0.3, 0.4) is 0 Å². The zero-order chi connectivity index (χ0) is 16.5. The zero-order valence-electron chi connectivity index (χ0n) is 10.5. The molecule has 10 heteroatoms. The molecular weight excluding hydrogens is 306 g/mol. The number of hydrogen-bond acceptors (Lipinski definition) is 3. The van der Waals surface area contributed by atoms with E-state index in [0.29, 0.717) is 19.2 Å². The number of halogens is 6. The first-order valence-corrected chi connectivity index (χ1v) is 5.45. The van der Waals surface area contributed by atoms with Crippen molar-refractivity contribution in [2.75, 3.05) is 6.54 Å². The van der Waals surface area contributed by atoms with Crippen LogP contribution in [0.2, 0.25) is 0 Å². The van der Waals surface area contributed by atoms with Crippen LogP contribution >= 0.6 is 0 Å². The van der Waals surface area contributed by atoms with Gasteiger partial charge in [0, 0.05) is 6.20 Å². The van der Waals surface area contributed by atoms with Crippen molar-refractivity contribution in [1.29, 1.82) is 0 Å². The van der Waals surface area contributed by atoms with Crippen LogP contribution in [0.5, 0.6) is 0 Å².